The lowest BCUT2D eigenvalue weighted by Crippen LogP contribution is -2.40. The van der Waals surface area contributed by atoms with Crippen molar-refractivity contribution < 1.29 is 14.7 Å². The molecule has 0 fully saturated rings. The Bertz CT molecular complexity index is 1020. The fraction of sp³-hybridized carbons (Fsp3) is 0.273. The molecule has 1 amide bonds. The molecular weight excluding hydrogens is 340 g/mol. The molecule has 0 spiro atoms. The molecule has 1 aliphatic heterocycles. The lowest BCUT2D eigenvalue weighted by atomic mass is 9.89. The van der Waals surface area contributed by atoms with Gasteiger partial charge in [0.25, 0.3) is 0 Å². The number of nitrogens with zero attached hydrogens (tertiary/aromatic N) is 1. The number of carboxylic acid groups (broad SMARTS) is 1. The smallest absolute Gasteiger partial charge is 0.312 e. The van der Waals surface area contributed by atoms with Gasteiger partial charge in [-0.2, -0.15) is 0 Å². The van der Waals surface area contributed by atoms with Crippen molar-refractivity contribution in [3.05, 3.63) is 70.9 Å². The number of aromatic amines is 1. The predicted molar refractivity (Wildman–Crippen MR) is 104 cm³/mol. The van der Waals surface area contributed by atoms with Gasteiger partial charge in [-0.15, -0.1) is 0 Å². The van der Waals surface area contributed by atoms with Gasteiger partial charge in [0.1, 0.15) is 0 Å². The molecular formula is C22H22N2O3. The Labute approximate surface area is 157 Å². The third-order valence-corrected chi connectivity index (χ3v) is 5.46. The Balaban J connectivity index is 1.50. The first-order chi connectivity index (χ1) is 13.0. The molecule has 0 bridgehead atoms. The number of hydrogen-bond acceptors (Lipinski definition) is 2. The molecule has 1 unspecified atom stereocenters. The zero-order valence-corrected chi connectivity index (χ0v) is 15.2. The largest absolute Gasteiger partial charge is 0.481 e. The molecule has 1 aliphatic rings. The van der Waals surface area contributed by atoms with Crippen LogP contribution in [0.1, 0.15) is 34.6 Å². The minimum absolute atomic E-state index is 0.00208. The summed E-state index contributed by atoms with van der Waals surface area (Å²) in [6.07, 6.45) is 2.98. The number of rotatable bonds is 4. The number of fused-ring (bicyclic) bond motifs is 2. The molecule has 2 heterocycles. The molecule has 4 rings (SSSR count). The van der Waals surface area contributed by atoms with E-state index in [0.29, 0.717) is 19.4 Å². The number of carbonyl (C=O) groups is 2. The van der Waals surface area contributed by atoms with Crippen LogP contribution in [-0.4, -0.2) is 33.4 Å². The van der Waals surface area contributed by atoms with E-state index in [1.165, 1.54) is 5.56 Å². The number of nitrogens with one attached hydrogen (secondary N) is 1. The second-order valence-corrected chi connectivity index (χ2v) is 7.18. The van der Waals surface area contributed by atoms with Gasteiger partial charge in [-0.3, -0.25) is 9.59 Å². The first-order valence-electron chi connectivity index (χ1n) is 9.18. The van der Waals surface area contributed by atoms with Crippen molar-refractivity contribution in [2.45, 2.75) is 32.2 Å². The highest BCUT2D eigenvalue weighted by Gasteiger charge is 2.32. The average Bonchev–Trinajstić information content (AvgIpc) is 3.09. The Morgan fingerprint density at radius 1 is 1.19 bits per heavy atom. The van der Waals surface area contributed by atoms with E-state index in [1.54, 1.807) is 4.90 Å². The van der Waals surface area contributed by atoms with Gasteiger partial charge in [0.2, 0.25) is 5.91 Å². The van der Waals surface area contributed by atoms with E-state index in [4.69, 9.17) is 0 Å². The second-order valence-electron chi connectivity index (χ2n) is 7.18. The van der Waals surface area contributed by atoms with Crippen LogP contribution in [0.15, 0.2) is 48.7 Å². The van der Waals surface area contributed by atoms with E-state index in [9.17, 15) is 14.7 Å². The second kappa shape index (κ2) is 6.91. The summed E-state index contributed by atoms with van der Waals surface area (Å²) in [5.41, 5.74) is 5.16. The number of aryl methyl sites for hydroxylation is 2. The van der Waals surface area contributed by atoms with E-state index in [0.717, 1.165) is 27.6 Å². The monoisotopic (exact) mass is 362 g/mol. The van der Waals surface area contributed by atoms with Gasteiger partial charge in [-0.1, -0.05) is 42.5 Å². The molecule has 5 heteroatoms. The fourth-order valence-corrected chi connectivity index (χ4v) is 3.98. The Morgan fingerprint density at radius 3 is 2.81 bits per heavy atom. The van der Waals surface area contributed by atoms with Crippen LogP contribution < -0.4 is 0 Å². The predicted octanol–water partition coefficient (Wildman–Crippen LogP) is 3.62. The van der Waals surface area contributed by atoms with Gasteiger partial charge in [0.05, 0.1) is 5.92 Å². The quantitative estimate of drug-likeness (QED) is 0.744. The fourth-order valence-electron chi connectivity index (χ4n) is 3.98. The van der Waals surface area contributed by atoms with Crippen molar-refractivity contribution in [1.82, 2.24) is 9.88 Å². The van der Waals surface area contributed by atoms with Gasteiger partial charge in [-0.05, 0) is 35.6 Å². The lowest BCUT2D eigenvalue weighted by molar-refractivity contribution is -0.141. The maximum Gasteiger partial charge on any atom is 0.312 e. The van der Waals surface area contributed by atoms with E-state index in [-0.39, 0.29) is 12.5 Å². The highest BCUT2D eigenvalue weighted by atomic mass is 16.4. The molecule has 1 atom stereocenters. The summed E-state index contributed by atoms with van der Waals surface area (Å²) in [7, 11) is 0. The molecule has 0 aliphatic carbocycles. The number of amides is 1. The number of benzene rings is 2. The number of aromatic nitrogens is 1. The third-order valence-electron chi connectivity index (χ3n) is 5.46. The number of hydrogen-bond donors (Lipinski definition) is 2. The maximum atomic E-state index is 12.8. The minimum Gasteiger partial charge on any atom is -0.481 e. The van der Waals surface area contributed by atoms with Crippen LogP contribution in [-0.2, 0) is 22.6 Å². The SMILES string of the molecule is Cc1cccc2c(CCC(=O)N3Cc4ccccc4C(C(=O)O)C3)c[nH]c12. The molecule has 5 nitrogen and oxygen atoms in total. The topological polar surface area (TPSA) is 73.4 Å². The number of carbonyl (C=O) groups excluding carboxylic acids is 1. The third kappa shape index (κ3) is 3.21. The summed E-state index contributed by atoms with van der Waals surface area (Å²) < 4.78 is 0. The van der Waals surface area contributed by atoms with Crippen molar-refractivity contribution in [2.75, 3.05) is 6.54 Å². The summed E-state index contributed by atoms with van der Waals surface area (Å²) in [6, 6.07) is 13.7. The normalized spacial score (nSPS) is 16.3. The van der Waals surface area contributed by atoms with Gasteiger partial charge in [-0.25, -0.2) is 0 Å². The van der Waals surface area contributed by atoms with E-state index < -0.39 is 11.9 Å². The van der Waals surface area contributed by atoms with Crippen molar-refractivity contribution in [1.29, 1.82) is 0 Å². The molecule has 2 N–H and O–H groups in total. The van der Waals surface area contributed by atoms with Crippen LogP contribution in [0.25, 0.3) is 10.9 Å². The van der Waals surface area contributed by atoms with Crippen molar-refractivity contribution in [2.24, 2.45) is 0 Å². The zero-order valence-electron chi connectivity index (χ0n) is 15.2. The summed E-state index contributed by atoms with van der Waals surface area (Å²) >= 11 is 0. The Kier molecular flexibility index (Phi) is 4.44. The number of carboxylic acids is 1. The van der Waals surface area contributed by atoms with E-state index >= 15 is 0 Å². The first-order valence-corrected chi connectivity index (χ1v) is 9.18. The molecule has 27 heavy (non-hydrogen) atoms. The van der Waals surface area contributed by atoms with Crippen molar-refractivity contribution in [3.8, 4) is 0 Å². The minimum atomic E-state index is -0.882. The van der Waals surface area contributed by atoms with Crippen molar-refractivity contribution in [3.63, 3.8) is 0 Å². The van der Waals surface area contributed by atoms with Crippen molar-refractivity contribution >= 4 is 22.8 Å². The van der Waals surface area contributed by atoms with Crippen LogP contribution in [0, 0.1) is 6.92 Å². The molecule has 0 radical (unpaired) electrons. The Morgan fingerprint density at radius 2 is 2.00 bits per heavy atom. The van der Waals surface area contributed by atoms with E-state index in [2.05, 4.69) is 24.0 Å². The van der Waals surface area contributed by atoms with Crippen LogP contribution in [0.3, 0.4) is 0 Å². The number of aliphatic carboxylic acids is 1. The first kappa shape index (κ1) is 17.3. The van der Waals surface area contributed by atoms with Gasteiger partial charge in [0.15, 0.2) is 0 Å². The summed E-state index contributed by atoms with van der Waals surface area (Å²) in [6.45, 7) is 2.77. The van der Waals surface area contributed by atoms with Crippen LogP contribution in [0.4, 0.5) is 0 Å². The molecule has 3 aromatic rings. The summed E-state index contributed by atoms with van der Waals surface area (Å²) in [5.74, 6) is -1.54. The summed E-state index contributed by atoms with van der Waals surface area (Å²) in [4.78, 5) is 29.4. The number of para-hydroxylation sites is 1. The molecule has 1 aromatic heterocycles. The highest BCUT2D eigenvalue weighted by Crippen LogP contribution is 2.29. The zero-order chi connectivity index (χ0) is 19.0. The van der Waals surface area contributed by atoms with E-state index in [1.807, 2.05) is 36.5 Å². The van der Waals surface area contributed by atoms with Gasteiger partial charge in [0, 0.05) is 36.6 Å². The van der Waals surface area contributed by atoms with Gasteiger partial charge < -0.3 is 15.0 Å². The van der Waals surface area contributed by atoms with Crippen LogP contribution in [0.5, 0.6) is 0 Å². The highest BCUT2D eigenvalue weighted by molar-refractivity contribution is 5.87. The van der Waals surface area contributed by atoms with Crippen LogP contribution >= 0.6 is 0 Å². The molecule has 138 valence electrons. The average molecular weight is 362 g/mol. The number of H-pyrrole nitrogens is 1. The molecule has 2 aromatic carbocycles. The molecule has 0 saturated heterocycles. The lowest BCUT2D eigenvalue weighted by Gasteiger charge is -2.33. The molecule has 0 saturated carbocycles. The maximum absolute atomic E-state index is 12.8. The van der Waals surface area contributed by atoms with Gasteiger partial charge >= 0.3 is 5.97 Å². The Hall–Kier alpha value is -3.08. The standard InChI is InChI=1S/C22H22N2O3/c1-14-5-4-8-18-15(11-23-21(14)18)9-10-20(25)24-12-16-6-2-3-7-17(16)19(13-24)22(26)27/h2-8,11,19,23H,9-10,12-13H2,1H3,(H,26,27). The van der Waals surface area contributed by atoms with Crippen LogP contribution in [0.2, 0.25) is 0 Å². The summed E-state index contributed by atoms with van der Waals surface area (Å²) in [5, 5.41) is 10.7.